The van der Waals surface area contributed by atoms with E-state index in [1.54, 1.807) is 0 Å². The molecule has 0 radical (unpaired) electrons. The van der Waals surface area contributed by atoms with Crippen LogP contribution >= 0.6 is 0 Å². The van der Waals surface area contributed by atoms with Crippen LogP contribution in [-0.4, -0.2) is 27.9 Å². The van der Waals surface area contributed by atoms with Gasteiger partial charge in [0.15, 0.2) is 0 Å². The monoisotopic (exact) mass is 301 g/mol. The number of fused-ring (bicyclic) bond motifs is 1. The van der Waals surface area contributed by atoms with Gasteiger partial charge in [-0.25, -0.2) is 0 Å². The van der Waals surface area contributed by atoms with E-state index in [1.165, 1.54) is 6.92 Å². The number of rotatable bonds is 5. The fraction of sp³-hybridized carbons (Fsp3) is 0.312. The van der Waals surface area contributed by atoms with Crippen LogP contribution in [0.4, 0.5) is 0 Å². The number of aryl methyl sites for hydroxylation is 1. The van der Waals surface area contributed by atoms with E-state index < -0.39 is 11.9 Å². The minimum Gasteiger partial charge on any atom is -0.392 e. The minimum absolute atomic E-state index is 0.0891. The molecule has 1 aromatic heterocycles. The molecule has 0 unspecified atom stereocenters. The summed E-state index contributed by atoms with van der Waals surface area (Å²) in [5, 5.41) is 12.8. The third kappa shape index (κ3) is 3.40. The molecule has 1 aromatic carbocycles. The van der Waals surface area contributed by atoms with Gasteiger partial charge < -0.3 is 16.2 Å². The number of aliphatic hydroxyl groups is 1. The number of hydrogen-bond donors (Lipinski definition) is 3. The van der Waals surface area contributed by atoms with Crippen molar-refractivity contribution in [3.05, 3.63) is 41.1 Å². The second kappa shape index (κ2) is 6.53. The Bertz CT molecular complexity index is 728. The molecule has 6 nitrogen and oxygen atoms in total. The van der Waals surface area contributed by atoms with Crippen LogP contribution in [0.3, 0.4) is 0 Å². The number of pyridine rings is 1. The van der Waals surface area contributed by atoms with Gasteiger partial charge in [-0.2, -0.15) is 0 Å². The number of benzene rings is 1. The summed E-state index contributed by atoms with van der Waals surface area (Å²) >= 11 is 0. The zero-order chi connectivity index (χ0) is 16.3. The van der Waals surface area contributed by atoms with Crippen molar-refractivity contribution in [2.45, 2.75) is 32.9 Å². The van der Waals surface area contributed by atoms with Gasteiger partial charge in [0.25, 0.3) is 0 Å². The van der Waals surface area contributed by atoms with Crippen molar-refractivity contribution >= 4 is 22.7 Å². The molecule has 2 rings (SSSR count). The summed E-state index contributed by atoms with van der Waals surface area (Å²) < 4.78 is 0. The lowest BCUT2D eigenvalue weighted by Crippen LogP contribution is -2.42. The van der Waals surface area contributed by atoms with Gasteiger partial charge in [-0.05, 0) is 31.0 Å². The van der Waals surface area contributed by atoms with Gasteiger partial charge in [-0.3, -0.25) is 14.6 Å². The molecule has 0 bridgehead atoms. The number of amides is 2. The minimum atomic E-state index is -0.717. The number of hydrogen-bond acceptors (Lipinski definition) is 4. The van der Waals surface area contributed by atoms with E-state index in [0.717, 1.165) is 22.2 Å². The van der Waals surface area contributed by atoms with Gasteiger partial charge in [-0.15, -0.1) is 0 Å². The van der Waals surface area contributed by atoms with Crippen molar-refractivity contribution < 1.29 is 14.7 Å². The normalized spacial score (nSPS) is 12.1. The number of aromatic nitrogens is 1. The molecule has 2 aromatic rings. The summed E-state index contributed by atoms with van der Waals surface area (Å²) in [7, 11) is 0. The van der Waals surface area contributed by atoms with E-state index in [2.05, 4.69) is 10.3 Å². The fourth-order valence-electron chi connectivity index (χ4n) is 2.33. The zero-order valence-electron chi connectivity index (χ0n) is 12.6. The Morgan fingerprint density at radius 1 is 1.36 bits per heavy atom. The molecule has 0 spiro atoms. The summed E-state index contributed by atoms with van der Waals surface area (Å²) in [6.45, 7) is 3.29. The maximum Gasteiger partial charge on any atom is 0.239 e. The van der Waals surface area contributed by atoms with Crippen LogP contribution in [0, 0.1) is 6.92 Å². The Labute approximate surface area is 128 Å². The SMILES string of the molecule is Cc1cc(CO)c2cccc(CC(=O)N[C@@H](C)C(N)=O)c2n1. The first-order valence-electron chi connectivity index (χ1n) is 7.00. The summed E-state index contributed by atoms with van der Waals surface area (Å²) in [6, 6.07) is 6.59. The van der Waals surface area contributed by atoms with Gasteiger partial charge in [0.1, 0.15) is 6.04 Å². The summed E-state index contributed by atoms with van der Waals surface area (Å²) in [5.74, 6) is -0.879. The lowest BCUT2D eigenvalue weighted by molar-refractivity contribution is -0.126. The highest BCUT2D eigenvalue weighted by Crippen LogP contribution is 2.22. The Hall–Kier alpha value is -2.47. The van der Waals surface area contributed by atoms with Gasteiger partial charge >= 0.3 is 0 Å². The van der Waals surface area contributed by atoms with E-state index >= 15 is 0 Å². The largest absolute Gasteiger partial charge is 0.392 e. The number of primary amides is 1. The predicted octanol–water partition coefficient (Wildman–Crippen LogP) is 0.568. The number of nitrogens with zero attached hydrogens (tertiary/aromatic N) is 1. The van der Waals surface area contributed by atoms with Crippen LogP contribution in [-0.2, 0) is 22.6 Å². The van der Waals surface area contributed by atoms with Gasteiger partial charge in [0.2, 0.25) is 11.8 Å². The topological polar surface area (TPSA) is 105 Å². The maximum absolute atomic E-state index is 12.0. The zero-order valence-corrected chi connectivity index (χ0v) is 12.6. The number of carbonyl (C=O) groups excluding carboxylic acids is 2. The van der Waals surface area contributed by atoms with Crippen molar-refractivity contribution in [1.82, 2.24) is 10.3 Å². The average molecular weight is 301 g/mol. The second-order valence-electron chi connectivity index (χ2n) is 5.26. The Kier molecular flexibility index (Phi) is 4.72. The van der Waals surface area contributed by atoms with E-state index in [4.69, 9.17) is 5.73 Å². The molecule has 4 N–H and O–H groups in total. The standard InChI is InChI=1S/C16H19N3O3/c1-9-6-12(8-20)13-5-3-4-11(15(13)18-9)7-14(21)19-10(2)16(17)22/h3-6,10,20H,7-8H2,1-2H3,(H2,17,22)(H,19,21)/t10-/m0/s1. The number of nitrogens with two attached hydrogens (primary N) is 1. The highest BCUT2D eigenvalue weighted by Gasteiger charge is 2.15. The summed E-state index contributed by atoms with van der Waals surface area (Å²) in [5.41, 5.74) is 8.11. The molecule has 2 amide bonds. The molecule has 0 aliphatic carbocycles. The lowest BCUT2D eigenvalue weighted by atomic mass is 10.0. The third-order valence-corrected chi connectivity index (χ3v) is 3.46. The molecule has 116 valence electrons. The third-order valence-electron chi connectivity index (χ3n) is 3.46. The number of carbonyl (C=O) groups is 2. The number of para-hydroxylation sites is 1. The Morgan fingerprint density at radius 3 is 2.73 bits per heavy atom. The smallest absolute Gasteiger partial charge is 0.239 e. The van der Waals surface area contributed by atoms with Crippen LogP contribution in [0.5, 0.6) is 0 Å². The van der Waals surface area contributed by atoms with Crippen molar-refractivity contribution in [3.8, 4) is 0 Å². The highest BCUT2D eigenvalue weighted by molar-refractivity contribution is 5.91. The Balaban J connectivity index is 2.34. The molecular formula is C16H19N3O3. The first-order chi connectivity index (χ1) is 10.4. The lowest BCUT2D eigenvalue weighted by Gasteiger charge is -2.12. The van der Waals surface area contributed by atoms with Gasteiger partial charge in [0, 0.05) is 11.1 Å². The molecule has 0 aliphatic rings. The van der Waals surface area contributed by atoms with E-state index in [1.807, 2.05) is 31.2 Å². The maximum atomic E-state index is 12.0. The van der Waals surface area contributed by atoms with E-state index in [0.29, 0.717) is 5.52 Å². The molecule has 0 saturated heterocycles. The van der Waals surface area contributed by atoms with Crippen LogP contribution < -0.4 is 11.1 Å². The van der Waals surface area contributed by atoms with Crippen LogP contribution in [0.25, 0.3) is 10.9 Å². The van der Waals surface area contributed by atoms with Crippen molar-refractivity contribution in [1.29, 1.82) is 0 Å². The van der Waals surface area contributed by atoms with Crippen molar-refractivity contribution in [2.24, 2.45) is 5.73 Å². The molecule has 1 atom stereocenters. The van der Waals surface area contributed by atoms with Crippen LogP contribution in [0.15, 0.2) is 24.3 Å². The first-order valence-corrected chi connectivity index (χ1v) is 7.00. The van der Waals surface area contributed by atoms with Gasteiger partial charge in [0.05, 0.1) is 18.5 Å². The quantitative estimate of drug-likeness (QED) is 0.750. The highest BCUT2D eigenvalue weighted by atomic mass is 16.3. The molecule has 0 fully saturated rings. The van der Waals surface area contributed by atoms with Crippen molar-refractivity contribution in [2.75, 3.05) is 0 Å². The fourth-order valence-corrected chi connectivity index (χ4v) is 2.33. The molecule has 22 heavy (non-hydrogen) atoms. The summed E-state index contributed by atoms with van der Waals surface area (Å²) in [4.78, 5) is 27.5. The molecule has 0 aliphatic heterocycles. The molecular weight excluding hydrogens is 282 g/mol. The molecule has 0 saturated carbocycles. The number of aliphatic hydroxyl groups excluding tert-OH is 1. The predicted molar refractivity (Wildman–Crippen MR) is 82.9 cm³/mol. The Morgan fingerprint density at radius 2 is 2.09 bits per heavy atom. The van der Waals surface area contributed by atoms with E-state index in [9.17, 15) is 14.7 Å². The van der Waals surface area contributed by atoms with Crippen LogP contribution in [0.2, 0.25) is 0 Å². The van der Waals surface area contributed by atoms with E-state index in [-0.39, 0.29) is 18.9 Å². The van der Waals surface area contributed by atoms with Crippen molar-refractivity contribution in [3.63, 3.8) is 0 Å². The molecule has 1 heterocycles. The molecule has 6 heteroatoms. The second-order valence-corrected chi connectivity index (χ2v) is 5.26. The van der Waals surface area contributed by atoms with Crippen LogP contribution in [0.1, 0.15) is 23.7 Å². The first kappa shape index (κ1) is 15.9. The number of nitrogens with one attached hydrogen (secondary N) is 1. The average Bonchev–Trinajstić information content (AvgIpc) is 2.46. The van der Waals surface area contributed by atoms with Gasteiger partial charge in [-0.1, -0.05) is 18.2 Å². The summed E-state index contributed by atoms with van der Waals surface area (Å²) in [6.07, 6.45) is 0.0935.